The Balaban J connectivity index is 1.76. The highest BCUT2D eigenvalue weighted by molar-refractivity contribution is 7.92. The summed E-state index contributed by atoms with van der Waals surface area (Å²) >= 11 is 0. The maximum atomic E-state index is 13.1. The molecule has 0 aliphatic rings. The minimum Gasteiger partial charge on any atom is -0.451 e. The van der Waals surface area contributed by atoms with E-state index in [1.165, 1.54) is 38.2 Å². The van der Waals surface area contributed by atoms with Gasteiger partial charge in [0.25, 0.3) is 10.0 Å². The van der Waals surface area contributed by atoms with Gasteiger partial charge in [-0.05, 0) is 55.2 Å². The molecule has 7 heteroatoms. The molecule has 0 amide bonds. The molecule has 0 bridgehead atoms. The first-order valence-electron chi connectivity index (χ1n) is 11.3. The Morgan fingerprint density at radius 3 is 2.06 bits per heavy atom. The number of nitrogens with zero attached hydrogens (tertiary/aromatic N) is 1. The van der Waals surface area contributed by atoms with Gasteiger partial charge in [0.2, 0.25) is 5.78 Å². The number of sulfonamides is 1. The van der Waals surface area contributed by atoms with Gasteiger partial charge in [0.1, 0.15) is 0 Å². The number of rotatable bonds is 7. The average molecular weight is 494 g/mol. The van der Waals surface area contributed by atoms with Crippen molar-refractivity contribution in [2.75, 3.05) is 11.4 Å². The minimum absolute atomic E-state index is 0.0431. The van der Waals surface area contributed by atoms with E-state index in [2.05, 4.69) is 20.8 Å². The standard InChI is InChI=1S/C28H31NO5S/c1-19-10-16-24(17-11-19)29(6)35(32,33)25-9-7-8-22(18-25)27(31)34-20(2)26(30)21-12-14-23(15-13-21)28(3,4)5/h7-18,20H,1-6H3/t20-/m1/s1. The lowest BCUT2D eigenvalue weighted by molar-refractivity contribution is 0.0318. The number of ether oxygens (including phenoxy) is 1. The fraction of sp³-hybridized carbons (Fsp3) is 0.286. The van der Waals surface area contributed by atoms with E-state index in [9.17, 15) is 18.0 Å². The SMILES string of the molecule is Cc1ccc(N(C)S(=O)(=O)c2cccc(C(=O)O[C@H](C)C(=O)c3ccc(C(C)(C)C)cc3)c2)cc1. The van der Waals surface area contributed by atoms with E-state index >= 15 is 0 Å². The predicted molar refractivity (Wildman–Crippen MR) is 138 cm³/mol. The van der Waals surface area contributed by atoms with Crippen molar-refractivity contribution in [1.82, 2.24) is 0 Å². The summed E-state index contributed by atoms with van der Waals surface area (Å²) in [5.41, 5.74) is 3.05. The summed E-state index contributed by atoms with van der Waals surface area (Å²) in [5, 5.41) is 0. The highest BCUT2D eigenvalue weighted by atomic mass is 32.2. The lowest BCUT2D eigenvalue weighted by Gasteiger charge is -2.20. The Hall–Kier alpha value is -3.45. The smallest absolute Gasteiger partial charge is 0.338 e. The fourth-order valence-electron chi connectivity index (χ4n) is 3.49. The molecule has 1 atom stereocenters. The summed E-state index contributed by atoms with van der Waals surface area (Å²) in [7, 11) is -2.45. The van der Waals surface area contributed by atoms with Crippen LogP contribution in [0.5, 0.6) is 0 Å². The average Bonchev–Trinajstić information content (AvgIpc) is 2.83. The van der Waals surface area contributed by atoms with Crippen molar-refractivity contribution in [3.63, 3.8) is 0 Å². The number of Topliss-reactive ketones (excluding diaryl/α,β-unsaturated/α-hetero) is 1. The first kappa shape index (κ1) is 26.2. The second-order valence-corrected chi connectivity index (χ2v) is 11.5. The van der Waals surface area contributed by atoms with Gasteiger partial charge in [0.15, 0.2) is 6.10 Å². The van der Waals surface area contributed by atoms with Crippen LogP contribution in [-0.2, 0) is 20.2 Å². The van der Waals surface area contributed by atoms with E-state index in [1.54, 1.807) is 24.3 Å². The largest absolute Gasteiger partial charge is 0.451 e. The zero-order valence-corrected chi connectivity index (χ0v) is 21.7. The Morgan fingerprint density at radius 1 is 0.886 bits per heavy atom. The van der Waals surface area contributed by atoms with Crippen LogP contribution in [0.25, 0.3) is 0 Å². The summed E-state index contributed by atoms with van der Waals surface area (Å²) in [6.07, 6.45) is -1.03. The molecule has 3 aromatic rings. The molecule has 0 radical (unpaired) electrons. The van der Waals surface area contributed by atoms with Crippen molar-refractivity contribution in [2.24, 2.45) is 0 Å². The van der Waals surface area contributed by atoms with Crippen LogP contribution in [0.2, 0.25) is 0 Å². The molecule has 0 saturated heterocycles. The maximum absolute atomic E-state index is 13.1. The molecule has 0 fully saturated rings. The topological polar surface area (TPSA) is 80.8 Å². The van der Waals surface area contributed by atoms with Crippen LogP contribution in [0.3, 0.4) is 0 Å². The molecule has 35 heavy (non-hydrogen) atoms. The van der Waals surface area contributed by atoms with E-state index in [1.807, 2.05) is 31.2 Å². The van der Waals surface area contributed by atoms with Crippen molar-refractivity contribution >= 4 is 27.5 Å². The number of hydrogen-bond acceptors (Lipinski definition) is 5. The van der Waals surface area contributed by atoms with Crippen LogP contribution >= 0.6 is 0 Å². The van der Waals surface area contributed by atoms with Crippen LogP contribution < -0.4 is 4.31 Å². The lowest BCUT2D eigenvalue weighted by Crippen LogP contribution is -2.27. The van der Waals surface area contributed by atoms with Crippen LogP contribution in [-0.4, -0.2) is 33.3 Å². The monoisotopic (exact) mass is 493 g/mol. The normalized spacial score (nSPS) is 12.6. The molecule has 6 nitrogen and oxygen atoms in total. The first-order chi connectivity index (χ1) is 16.3. The third-order valence-corrected chi connectivity index (χ3v) is 7.60. The van der Waals surface area contributed by atoms with Crippen molar-refractivity contribution in [2.45, 2.75) is 51.0 Å². The molecular weight excluding hydrogens is 462 g/mol. The van der Waals surface area contributed by atoms with Gasteiger partial charge in [-0.2, -0.15) is 0 Å². The number of anilines is 1. The quantitative estimate of drug-likeness (QED) is 0.319. The van der Waals surface area contributed by atoms with Gasteiger partial charge >= 0.3 is 5.97 Å². The van der Waals surface area contributed by atoms with Gasteiger partial charge in [0, 0.05) is 12.6 Å². The van der Waals surface area contributed by atoms with Crippen molar-refractivity contribution in [3.8, 4) is 0 Å². The van der Waals surface area contributed by atoms with E-state index in [0.29, 0.717) is 11.3 Å². The van der Waals surface area contributed by atoms with Gasteiger partial charge in [0.05, 0.1) is 16.1 Å². The van der Waals surface area contributed by atoms with Gasteiger partial charge in [-0.1, -0.05) is 68.8 Å². The summed E-state index contributed by atoms with van der Waals surface area (Å²) in [6.45, 7) is 9.67. The van der Waals surface area contributed by atoms with Gasteiger partial charge in [-0.3, -0.25) is 9.10 Å². The van der Waals surface area contributed by atoms with Crippen LogP contribution in [0.1, 0.15) is 59.5 Å². The minimum atomic E-state index is -3.91. The Morgan fingerprint density at radius 2 is 1.49 bits per heavy atom. The molecule has 0 aliphatic carbocycles. The summed E-state index contributed by atoms with van der Waals surface area (Å²) < 4.78 is 32.8. The third-order valence-electron chi connectivity index (χ3n) is 5.81. The molecular formula is C28H31NO5S. The first-order valence-corrected chi connectivity index (χ1v) is 12.8. The highest BCUT2D eigenvalue weighted by Gasteiger charge is 2.25. The number of benzene rings is 3. The molecule has 0 aliphatic heterocycles. The van der Waals surface area contributed by atoms with Crippen LogP contribution in [0.15, 0.2) is 77.7 Å². The summed E-state index contributed by atoms with van der Waals surface area (Å²) in [6, 6.07) is 19.9. The number of ketones is 1. The molecule has 3 aromatic carbocycles. The zero-order chi connectivity index (χ0) is 26.0. The van der Waals surface area contributed by atoms with E-state index < -0.39 is 22.1 Å². The van der Waals surface area contributed by atoms with Crippen molar-refractivity contribution < 1.29 is 22.7 Å². The molecule has 0 N–H and O–H groups in total. The zero-order valence-electron chi connectivity index (χ0n) is 20.9. The maximum Gasteiger partial charge on any atom is 0.338 e. The number of hydrogen-bond donors (Lipinski definition) is 0. The van der Waals surface area contributed by atoms with Crippen molar-refractivity contribution in [3.05, 3.63) is 95.1 Å². The number of aryl methyl sites for hydroxylation is 1. The van der Waals surface area contributed by atoms with E-state index in [4.69, 9.17) is 4.74 Å². The summed E-state index contributed by atoms with van der Waals surface area (Å²) in [5.74, 6) is -1.10. The van der Waals surface area contributed by atoms with Crippen LogP contribution in [0.4, 0.5) is 5.69 Å². The lowest BCUT2D eigenvalue weighted by atomic mass is 9.86. The van der Waals surface area contributed by atoms with E-state index in [0.717, 1.165) is 15.4 Å². The van der Waals surface area contributed by atoms with Crippen LogP contribution in [0, 0.1) is 6.92 Å². The second-order valence-electron chi connectivity index (χ2n) is 9.58. The molecule has 0 aromatic heterocycles. The van der Waals surface area contributed by atoms with Gasteiger partial charge < -0.3 is 4.74 Å². The number of carbonyl (C=O) groups excluding carboxylic acids is 2. The molecule has 0 spiro atoms. The molecule has 3 rings (SSSR count). The Kier molecular flexibility index (Phi) is 7.50. The number of esters is 1. The molecule has 184 valence electrons. The second kappa shape index (κ2) is 10.0. The fourth-order valence-corrected chi connectivity index (χ4v) is 4.73. The van der Waals surface area contributed by atoms with Gasteiger partial charge in [-0.25, -0.2) is 13.2 Å². The molecule has 0 heterocycles. The predicted octanol–water partition coefficient (Wildman–Crippen LogP) is 5.55. The molecule has 0 saturated carbocycles. The van der Waals surface area contributed by atoms with Gasteiger partial charge in [-0.15, -0.1) is 0 Å². The highest BCUT2D eigenvalue weighted by Crippen LogP contribution is 2.24. The third kappa shape index (κ3) is 5.98. The molecule has 0 unspecified atom stereocenters. The van der Waals surface area contributed by atoms with E-state index in [-0.39, 0.29) is 21.7 Å². The Bertz CT molecular complexity index is 1320. The summed E-state index contributed by atoms with van der Waals surface area (Å²) in [4.78, 5) is 25.5. The number of carbonyl (C=O) groups is 2. The van der Waals surface area contributed by atoms with Crippen molar-refractivity contribution in [1.29, 1.82) is 0 Å². The Labute approximate surface area is 207 Å².